The summed E-state index contributed by atoms with van der Waals surface area (Å²) in [5.41, 5.74) is 4.96. The van der Waals surface area contributed by atoms with Crippen molar-refractivity contribution in [3.63, 3.8) is 0 Å². The fourth-order valence-electron chi connectivity index (χ4n) is 0.456. The maximum Gasteiger partial charge on any atom is 0.222 e. The van der Waals surface area contributed by atoms with Gasteiger partial charge in [0.1, 0.15) is 0 Å². The second-order valence-electron chi connectivity index (χ2n) is 1.78. The molecule has 3 heteroatoms. The van der Waals surface area contributed by atoms with Crippen LogP contribution in [-0.4, -0.2) is 11.8 Å². The summed E-state index contributed by atoms with van der Waals surface area (Å²) >= 11 is 5.39. The van der Waals surface area contributed by atoms with Gasteiger partial charge in [0.15, 0.2) is 0 Å². The molecule has 0 aliphatic rings. The number of carbonyl (C=O) groups excluding carboxylic acids is 1. The van der Waals surface area contributed by atoms with E-state index < -0.39 is 0 Å². The summed E-state index contributed by atoms with van der Waals surface area (Å²) in [6, 6.07) is 0. The fraction of sp³-hybridized carbons (Fsp3) is 0.500. The van der Waals surface area contributed by atoms with Crippen LogP contribution >= 0.6 is 11.6 Å². The Balaban J connectivity index is 3.67. The molecule has 2 N–H and O–H groups in total. The average molecular weight is 148 g/mol. The molecular formula is C6H10ClNO. The molecule has 0 saturated carbocycles. The topological polar surface area (TPSA) is 43.1 Å². The number of nitrogens with two attached hydrogens (primary N) is 1. The quantitative estimate of drug-likeness (QED) is 0.466. The van der Waals surface area contributed by atoms with Gasteiger partial charge in [0.2, 0.25) is 5.91 Å². The highest BCUT2D eigenvalue weighted by molar-refractivity contribution is 6.19. The van der Waals surface area contributed by atoms with Crippen molar-refractivity contribution >= 4 is 17.5 Å². The molecule has 0 saturated heterocycles. The zero-order chi connectivity index (χ0) is 7.28. The third-order valence-corrected chi connectivity index (χ3v) is 1.41. The third-order valence-electron chi connectivity index (χ3n) is 1.04. The maximum absolute atomic E-state index is 10.4. The van der Waals surface area contributed by atoms with Crippen molar-refractivity contribution in [3.05, 3.63) is 12.7 Å². The average Bonchev–Trinajstić information content (AvgIpc) is 1.82. The molecular weight excluding hydrogens is 138 g/mol. The van der Waals surface area contributed by atoms with E-state index in [-0.39, 0.29) is 17.7 Å². The van der Waals surface area contributed by atoms with Crippen LogP contribution in [0.2, 0.25) is 0 Å². The largest absolute Gasteiger partial charge is 0.369 e. The Bertz CT molecular complexity index is 114. The second-order valence-corrected chi connectivity index (χ2v) is 2.09. The lowest BCUT2D eigenvalue weighted by Gasteiger charge is -2.03. The molecule has 2 nitrogen and oxygen atoms in total. The van der Waals surface area contributed by atoms with Gasteiger partial charge >= 0.3 is 0 Å². The van der Waals surface area contributed by atoms with Gasteiger partial charge in [0, 0.05) is 5.88 Å². The zero-order valence-corrected chi connectivity index (χ0v) is 5.90. The number of halogens is 1. The van der Waals surface area contributed by atoms with E-state index in [1.807, 2.05) is 0 Å². The van der Waals surface area contributed by atoms with E-state index >= 15 is 0 Å². The molecule has 0 aromatic rings. The number of alkyl halides is 1. The van der Waals surface area contributed by atoms with E-state index in [0.717, 1.165) is 0 Å². The van der Waals surface area contributed by atoms with Gasteiger partial charge in [0.05, 0.1) is 5.92 Å². The van der Waals surface area contributed by atoms with Crippen LogP contribution in [0.5, 0.6) is 0 Å². The molecule has 0 heterocycles. The van der Waals surface area contributed by atoms with Gasteiger partial charge in [-0.15, -0.1) is 18.2 Å². The first-order valence-corrected chi connectivity index (χ1v) is 3.22. The van der Waals surface area contributed by atoms with E-state index in [9.17, 15) is 4.79 Å². The van der Waals surface area contributed by atoms with E-state index in [4.69, 9.17) is 17.3 Å². The van der Waals surface area contributed by atoms with Crippen LogP contribution < -0.4 is 5.73 Å². The molecule has 0 aromatic carbocycles. The van der Waals surface area contributed by atoms with Crippen molar-refractivity contribution in [2.24, 2.45) is 11.7 Å². The lowest BCUT2D eigenvalue weighted by molar-refractivity contribution is -0.121. The van der Waals surface area contributed by atoms with Crippen molar-refractivity contribution in [1.29, 1.82) is 0 Å². The van der Waals surface area contributed by atoms with Gasteiger partial charge < -0.3 is 5.73 Å². The van der Waals surface area contributed by atoms with Gasteiger partial charge in [0.25, 0.3) is 0 Å². The minimum atomic E-state index is -0.357. The molecule has 1 unspecified atom stereocenters. The molecule has 1 atom stereocenters. The molecule has 0 aliphatic carbocycles. The monoisotopic (exact) mass is 147 g/mol. The number of primary amides is 1. The highest BCUT2D eigenvalue weighted by Gasteiger charge is 2.10. The highest BCUT2D eigenvalue weighted by atomic mass is 35.5. The number of allylic oxidation sites excluding steroid dienone is 1. The first-order valence-electron chi connectivity index (χ1n) is 2.68. The molecule has 0 aromatic heterocycles. The predicted molar refractivity (Wildman–Crippen MR) is 38.2 cm³/mol. The molecule has 0 rings (SSSR count). The van der Waals surface area contributed by atoms with Gasteiger partial charge in [-0.25, -0.2) is 0 Å². The lowest BCUT2D eigenvalue weighted by atomic mass is 10.1. The van der Waals surface area contributed by atoms with Crippen molar-refractivity contribution in [1.82, 2.24) is 0 Å². The highest BCUT2D eigenvalue weighted by Crippen LogP contribution is 2.04. The van der Waals surface area contributed by atoms with E-state index in [1.54, 1.807) is 6.08 Å². The van der Waals surface area contributed by atoms with Gasteiger partial charge in [-0.1, -0.05) is 6.08 Å². The van der Waals surface area contributed by atoms with Crippen LogP contribution in [-0.2, 0) is 4.79 Å². The number of hydrogen-bond acceptors (Lipinski definition) is 1. The first-order chi connectivity index (χ1) is 4.22. The summed E-state index contributed by atoms with van der Waals surface area (Å²) < 4.78 is 0. The minimum Gasteiger partial charge on any atom is -0.369 e. The van der Waals surface area contributed by atoms with Crippen LogP contribution in [0.4, 0.5) is 0 Å². The lowest BCUT2D eigenvalue weighted by Crippen LogP contribution is -2.23. The number of hydrogen-bond donors (Lipinski definition) is 1. The molecule has 52 valence electrons. The Morgan fingerprint density at radius 2 is 2.44 bits per heavy atom. The number of carbonyl (C=O) groups is 1. The van der Waals surface area contributed by atoms with E-state index in [1.165, 1.54) is 0 Å². The van der Waals surface area contributed by atoms with Gasteiger partial charge in [-0.3, -0.25) is 4.79 Å². The van der Waals surface area contributed by atoms with Crippen molar-refractivity contribution in [3.8, 4) is 0 Å². The summed E-state index contributed by atoms with van der Waals surface area (Å²) in [7, 11) is 0. The Labute approximate surface area is 59.7 Å². The van der Waals surface area contributed by atoms with Crippen molar-refractivity contribution in [2.75, 3.05) is 5.88 Å². The Kier molecular flexibility index (Phi) is 4.14. The maximum atomic E-state index is 10.4. The van der Waals surface area contributed by atoms with E-state index in [0.29, 0.717) is 6.42 Å². The molecule has 0 fully saturated rings. The first kappa shape index (κ1) is 8.50. The van der Waals surface area contributed by atoms with Gasteiger partial charge in [-0.2, -0.15) is 0 Å². The zero-order valence-electron chi connectivity index (χ0n) is 5.14. The smallest absolute Gasteiger partial charge is 0.222 e. The van der Waals surface area contributed by atoms with E-state index in [2.05, 4.69) is 6.58 Å². The van der Waals surface area contributed by atoms with Crippen molar-refractivity contribution < 1.29 is 4.79 Å². The molecule has 9 heavy (non-hydrogen) atoms. The predicted octanol–water partition coefficient (Wildman–Crippen LogP) is 0.903. The Morgan fingerprint density at radius 3 is 2.56 bits per heavy atom. The SMILES string of the molecule is C=CCC(CCl)C(N)=O. The summed E-state index contributed by atoms with van der Waals surface area (Å²) in [4.78, 5) is 10.4. The van der Waals surface area contributed by atoms with Crippen LogP contribution in [0.1, 0.15) is 6.42 Å². The number of rotatable bonds is 4. The fourth-order valence-corrected chi connectivity index (χ4v) is 0.734. The summed E-state index contributed by atoms with van der Waals surface area (Å²) in [5.74, 6) is -0.324. The summed E-state index contributed by atoms with van der Waals surface area (Å²) in [6.45, 7) is 3.46. The van der Waals surface area contributed by atoms with Gasteiger partial charge in [-0.05, 0) is 6.42 Å². The normalized spacial score (nSPS) is 12.6. The van der Waals surface area contributed by atoms with Crippen molar-refractivity contribution in [2.45, 2.75) is 6.42 Å². The minimum absolute atomic E-state index is 0.246. The second kappa shape index (κ2) is 4.39. The summed E-state index contributed by atoms with van der Waals surface area (Å²) in [5, 5.41) is 0. The summed E-state index contributed by atoms with van der Waals surface area (Å²) in [6.07, 6.45) is 2.20. The molecule has 0 spiro atoms. The molecule has 1 amide bonds. The number of amides is 1. The van der Waals surface area contributed by atoms with Crippen LogP contribution in [0.25, 0.3) is 0 Å². The standard InChI is InChI=1S/C6H10ClNO/c1-2-3-5(4-7)6(8)9/h2,5H,1,3-4H2,(H2,8,9). The molecule has 0 bridgehead atoms. The van der Waals surface area contributed by atoms with Crippen LogP contribution in [0, 0.1) is 5.92 Å². The molecule has 0 aliphatic heterocycles. The molecule has 0 radical (unpaired) electrons. The third kappa shape index (κ3) is 3.14. The van der Waals surface area contributed by atoms with Crippen LogP contribution in [0.3, 0.4) is 0 Å². The Hall–Kier alpha value is -0.500. The Morgan fingerprint density at radius 1 is 1.89 bits per heavy atom. The van der Waals surface area contributed by atoms with Crippen LogP contribution in [0.15, 0.2) is 12.7 Å².